The van der Waals surface area contributed by atoms with Crippen molar-refractivity contribution in [3.05, 3.63) is 18.3 Å². The van der Waals surface area contributed by atoms with Gasteiger partial charge in [0.05, 0.1) is 19.3 Å². The van der Waals surface area contributed by atoms with Crippen molar-refractivity contribution >= 4 is 11.2 Å². The molecule has 2 aromatic heterocycles. The average Bonchev–Trinajstić information content (AvgIpc) is 2.86. The minimum Gasteiger partial charge on any atom is -0.380 e. The molecule has 2 aromatic rings. The van der Waals surface area contributed by atoms with Gasteiger partial charge in [-0.1, -0.05) is 0 Å². The van der Waals surface area contributed by atoms with Crippen LogP contribution in [-0.2, 0) is 17.8 Å². The van der Waals surface area contributed by atoms with Gasteiger partial charge in [0.2, 0.25) is 0 Å². The number of nitrogens with zero attached hydrogens (tertiary/aromatic N) is 5. The Morgan fingerprint density at radius 3 is 3.00 bits per heavy atom. The first-order chi connectivity index (χ1) is 10.4. The van der Waals surface area contributed by atoms with Crippen molar-refractivity contribution in [2.24, 2.45) is 0 Å². The molecule has 1 fully saturated rings. The van der Waals surface area contributed by atoms with Crippen LogP contribution in [0.1, 0.15) is 12.7 Å². The summed E-state index contributed by atoms with van der Waals surface area (Å²) in [6.45, 7) is 9.25. The van der Waals surface area contributed by atoms with E-state index in [4.69, 9.17) is 9.72 Å². The lowest BCUT2D eigenvalue weighted by Gasteiger charge is -2.26. The Morgan fingerprint density at radius 2 is 2.19 bits per heavy atom. The van der Waals surface area contributed by atoms with E-state index in [-0.39, 0.29) is 0 Å². The van der Waals surface area contributed by atoms with E-state index >= 15 is 0 Å². The second-order valence-corrected chi connectivity index (χ2v) is 5.13. The summed E-state index contributed by atoms with van der Waals surface area (Å²) in [5.41, 5.74) is 1.76. The monoisotopic (exact) mass is 290 g/mol. The first-order valence-corrected chi connectivity index (χ1v) is 7.54. The second kappa shape index (κ2) is 6.93. The fourth-order valence-corrected chi connectivity index (χ4v) is 2.65. The molecule has 0 amide bonds. The Morgan fingerprint density at radius 1 is 1.33 bits per heavy atom. The van der Waals surface area contributed by atoms with E-state index in [1.807, 2.05) is 6.92 Å². The Labute approximate surface area is 124 Å². The Bertz CT molecular complexity index is 578. The zero-order valence-electron chi connectivity index (χ0n) is 12.5. The van der Waals surface area contributed by atoms with E-state index in [1.54, 1.807) is 12.5 Å². The van der Waals surface area contributed by atoms with Crippen LogP contribution in [0.25, 0.3) is 11.2 Å². The summed E-state index contributed by atoms with van der Waals surface area (Å²) in [7, 11) is 0. The fraction of sp³-hybridized carbons (Fsp3) is 0.643. The number of fused-ring (bicyclic) bond motifs is 1. The molecule has 0 unspecified atom stereocenters. The molecule has 0 saturated carbocycles. The van der Waals surface area contributed by atoms with Crippen molar-refractivity contribution in [2.75, 3.05) is 39.4 Å². The van der Waals surface area contributed by atoms with Crippen LogP contribution in [-0.4, -0.2) is 63.8 Å². The summed E-state index contributed by atoms with van der Waals surface area (Å²) in [4.78, 5) is 15.6. The van der Waals surface area contributed by atoms with Crippen LogP contribution in [0.15, 0.2) is 12.5 Å². The van der Waals surface area contributed by atoms with Gasteiger partial charge in [0.25, 0.3) is 0 Å². The molecule has 3 rings (SSSR count). The molecule has 114 valence electrons. The maximum atomic E-state index is 5.49. The molecule has 0 aromatic carbocycles. The molecule has 0 atom stereocenters. The molecule has 7 nitrogen and oxygen atoms in total. The summed E-state index contributed by atoms with van der Waals surface area (Å²) < 4.78 is 7.65. The molecule has 0 radical (unpaired) electrons. The van der Waals surface area contributed by atoms with Crippen LogP contribution in [0.4, 0.5) is 0 Å². The van der Waals surface area contributed by atoms with Crippen LogP contribution in [0.3, 0.4) is 0 Å². The number of ether oxygens (including phenoxy) is 1. The minimum absolute atomic E-state index is 0.681. The first kappa shape index (κ1) is 14.4. The molecular weight excluding hydrogens is 268 g/mol. The van der Waals surface area contributed by atoms with Crippen molar-refractivity contribution < 1.29 is 4.74 Å². The molecule has 7 heteroatoms. The second-order valence-electron chi connectivity index (χ2n) is 5.13. The molecule has 0 aliphatic carbocycles. The van der Waals surface area contributed by atoms with Gasteiger partial charge in [-0.05, 0) is 6.92 Å². The number of hydrogen-bond donors (Lipinski definition) is 1. The smallest absolute Gasteiger partial charge is 0.163 e. The Hall–Kier alpha value is -1.57. The van der Waals surface area contributed by atoms with Gasteiger partial charge in [0, 0.05) is 39.3 Å². The lowest BCUT2D eigenvalue weighted by Crippen LogP contribution is -2.43. The zero-order valence-corrected chi connectivity index (χ0v) is 12.5. The lowest BCUT2D eigenvalue weighted by atomic mass is 10.3. The molecule has 3 heterocycles. The van der Waals surface area contributed by atoms with Crippen molar-refractivity contribution in [3.63, 3.8) is 0 Å². The standard InChI is InChI=1S/C14H22N6O/c1-2-21-8-7-20-13(10-19-5-3-15-4-6-19)18-12-9-16-11-17-14(12)20/h9,11,15H,2-8,10H2,1H3. The highest BCUT2D eigenvalue weighted by Crippen LogP contribution is 2.14. The van der Waals surface area contributed by atoms with Gasteiger partial charge in [-0.3, -0.25) is 4.90 Å². The van der Waals surface area contributed by atoms with Gasteiger partial charge in [-0.25, -0.2) is 15.0 Å². The zero-order chi connectivity index (χ0) is 14.5. The molecule has 0 spiro atoms. The van der Waals surface area contributed by atoms with Gasteiger partial charge < -0.3 is 14.6 Å². The number of rotatable bonds is 6. The summed E-state index contributed by atoms with van der Waals surface area (Å²) in [6.07, 6.45) is 3.36. The fourth-order valence-electron chi connectivity index (χ4n) is 2.65. The predicted molar refractivity (Wildman–Crippen MR) is 80.0 cm³/mol. The third-order valence-electron chi connectivity index (χ3n) is 3.73. The van der Waals surface area contributed by atoms with Crippen molar-refractivity contribution in [3.8, 4) is 0 Å². The van der Waals surface area contributed by atoms with E-state index in [9.17, 15) is 0 Å². The van der Waals surface area contributed by atoms with Crippen LogP contribution in [0.5, 0.6) is 0 Å². The number of nitrogens with one attached hydrogen (secondary N) is 1. The van der Waals surface area contributed by atoms with Crippen molar-refractivity contribution in [1.29, 1.82) is 0 Å². The highest BCUT2D eigenvalue weighted by Gasteiger charge is 2.16. The SMILES string of the molecule is CCOCCn1c(CN2CCNCC2)nc2cncnc21. The largest absolute Gasteiger partial charge is 0.380 e. The maximum absolute atomic E-state index is 5.49. The Kier molecular flexibility index (Phi) is 4.74. The predicted octanol–water partition coefficient (Wildman–Crippen LogP) is 0.268. The van der Waals surface area contributed by atoms with Gasteiger partial charge in [-0.2, -0.15) is 0 Å². The molecule has 1 N–H and O–H groups in total. The van der Waals surface area contributed by atoms with Gasteiger partial charge in [0.15, 0.2) is 5.65 Å². The van der Waals surface area contributed by atoms with Gasteiger partial charge in [-0.15, -0.1) is 0 Å². The highest BCUT2D eigenvalue weighted by molar-refractivity contribution is 5.69. The maximum Gasteiger partial charge on any atom is 0.163 e. The quantitative estimate of drug-likeness (QED) is 0.770. The number of piperazine rings is 1. The number of hydrogen-bond acceptors (Lipinski definition) is 6. The molecule has 1 aliphatic heterocycles. The Balaban J connectivity index is 1.82. The number of aromatic nitrogens is 4. The van der Waals surface area contributed by atoms with Crippen LogP contribution >= 0.6 is 0 Å². The summed E-state index contributed by atoms with van der Waals surface area (Å²) in [5, 5.41) is 3.37. The van der Waals surface area contributed by atoms with Crippen LogP contribution < -0.4 is 5.32 Å². The third kappa shape index (κ3) is 3.37. The molecule has 1 aliphatic rings. The first-order valence-electron chi connectivity index (χ1n) is 7.54. The van der Waals surface area contributed by atoms with E-state index in [2.05, 4.69) is 24.8 Å². The minimum atomic E-state index is 0.681. The number of imidazole rings is 1. The highest BCUT2D eigenvalue weighted by atomic mass is 16.5. The molecule has 0 bridgehead atoms. The topological polar surface area (TPSA) is 68.1 Å². The van der Waals surface area contributed by atoms with Crippen LogP contribution in [0, 0.1) is 0 Å². The van der Waals surface area contributed by atoms with E-state index in [0.29, 0.717) is 6.61 Å². The summed E-state index contributed by atoms with van der Waals surface area (Å²) in [6, 6.07) is 0. The summed E-state index contributed by atoms with van der Waals surface area (Å²) in [5.74, 6) is 1.05. The van der Waals surface area contributed by atoms with E-state index in [1.165, 1.54) is 0 Å². The third-order valence-corrected chi connectivity index (χ3v) is 3.73. The molecule has 1 saturated heterocycles. The summed E-state index contributed by atoms with van der Waals surface area (Å²) >= 11 is 0. The van der Waals surface area contributed by atoms with Crippen molar-refractivity contribution in [2.45, 2.75) is 20.0 Å². The molecular formula is C14H22N6O. The average molecular weight is 290 g/mol. The van der Waals surface area contributed by atoms with E-state index in [0.717, 1.165) is 62.9 Å². The molecule has 21 heavy (non-hydrogen) atoms. The van der Waals surface area contributed by atoms with Crippen molar-refractivity contribution in [1.82, 2.24) is 29.7 Å². The lowest BCUT2D eigenvalue weighted by molar-refractivity contribution is 0.137. The van der Waals surface area contributed by atoms with E-state index < -0.39 is 0 Å². The van der Waals surface area contributed by atoms with Gasteiger partial charge in [0.1, 0.15) is 17.7 Å². The van der Waals surface area contributed by atoms with Crippen LogP contribution in [0.2, 0.25) is 0 Å². The van der Waals surface area contributed by atoms with Gasteiger partial charge >= 0.3 is 0 Å². The normalized spacial score (nSPS) is 16.6.